The minimum Gasteiger partial charge on any atom is -0.361 e. The summed E-state index contributed by atoms with van der Waals surface area (Å²) in [6.45, 7) is 3.70. The van der Waals surface area contributed by atoms with Gasteiger partial charge in [0.05, 0.1) is 6.04 Å². The van der Waals surface area contributed by atoms with Crippen LogP contribution >= 0.6 is 11.6 Å². The number of carbonyl (C=O) groups excluding carboxylic acids is 2. The number of likely N-dealkylation sites (tertiary alicyclic amines) is 1. The van der Waals surface area contributed by atoms with E-state index in [1.807, 2.05) is 76.1 Å². The maximum atomic E-state index is 14.7. The molecule has 0 bridgehead atoms. The highest BCUT2D eigenvalue weighted by atomic mass is 35.5. The fraction of sp³-hybridized carbons (Fsp3) is 0.385. The Morgan fingerprint density at radius 2 is 1.77 bits per heavy atom. The van der Waals surface area contributed by atoms with Crippen LogP contribution in [0.5, 0.6) is 0 Å². The molecule has 0 unspecified atom stereocenters. The summed E-state index contributed by atoms with van der Waals surface area (Å²) in [7, 11) is 6.14. The third-order valence-electron chi connectivity index (χ3n) is 10.3. The van der Waals surface area contributed by atoms with Gasteiger partial charge in [-0.3, -0.25) is 9.59 Å². The third kappa shape index (κ3) is 6.62. The summed E-state index contributed by atoms with van der Waals surface area (Å²) in [6.07, 6.45) is 5.31. The summed E-state index contributed by atoms with van der Waals surface area (Å²) in [4.78, 5) is 37.8. The minimum absolute atomic E-state index is 0.0867. The fourth-order valence-corrected chi connectivity index (χ4v) is 8.02. The van der Waals surface area contributed by atoms with Crippen molar-refractivity contribution < 1.29 is 9.59 Å². The van der Waals surface area contributed by atoms with Gasteiger partial charge in [-0.1, -0.05) is 48.0 Å². The number of rotatable bonds is 9. The van der Waals surface area contributed by atoms with Crippen LogP contribution in [0.3, 0.4) is 0 Å². The van der Waals surface area contributed by atoms with Gasteiger partial charge in [-0.15, -0.1) is 0 Å². The zero-order valence-corrected chi connectivity index (χ0v) is 28.8. The van der Waals surface area contributed by atoms with Crippen molar-refractivity contribution in [3.63, 3.8) is 0 Å². The molecule has 2 N–H and O–H groups in total. The topological polar surface area (TPSA) is 76.6 Å². The first-order chi connectivity index (χ1) is 23.2. The molecule has 2 aliphatic rings. The number of hydrogen-bond donors (Lipinski definition) is 2. The van der Waals surface area contributed by atoms with Crippen LogP contribution in [0.25, 0.3) is 21.8 Å². The van der Waals surface area contributed by atoms with E-state index in [4.69, 9.17) is 11.6 Å². The molecule has 7 rings (SSSR count). The Morgan fingerprint density at radius 1 is 1.00 bits per heavy atom. The van der Waals surface area contributed by atoms with E-state index in [1.54, 1.807) is 0 Å². The number of halogens is 1. The summed E-state index contributed by atoms with van der Waals surface area (Å²) < 4.78 is 2.00. The van der Waals surface area contributed by atoms with Crippen molar-refractivity contribution in [2.24, 2.45) is 18.9 Å². The van der Waals surface area contributed by atoms with E-state index in [1.165, 1.54) is 0 Å². The lowest BCUT2D eigenvalue weighted by atomic mass is 9.91. The van der Waals surface area contributed by atoms with E-state index < -0.39 is 6.04 Å². The molecule has 3 aromatic carbocycles. The lowest BCUT2D eigenvalue weighted by Crippen LogP contribution is -2.53. The first kappa shape index (κ1) is 32.4. The lowest BCUT2D eigenvalue weighted by Gasteiger charge is -2.38. The van der Waals surface area contributed by atoms with Crippen molar-refractivity contribution >= 4 is 50.9 Å². The molecule has 0 spiro atoms. The Labute approximate surface area is 287 Å². The SMILES string of the molecule is CN(C)C[C@@H]1Cc2cc(Cl)ccc2N(C(=O)[C@@H](Cc2c[nH]c3ccccc23)NCC2CCN(C(=O)c3cc4ccccc4n3C)CC2)C1. The predicted molar refractivity (Wildman–Crippen MR) is 195 cm³/mol. The van der Waals surface area contributed by atoms with Crippen LogP contribution in [0.4, 0.5) is 5.69 Å². The van der Waals surface area contributed by atoms with E-state index in [0.29, 0.717) is 42.9 Å². The van der Waals surface area contributed by atoms with Crippen LogP contribution in [0.2, 0.25) is 5.02 Å². The standard InChI is InChI=1S/C39H45ClN6O2/c1-43(2)24-27-18-29-19-31(40)12-13-36(29)46(25-27)38(47)34(20-30-23-42-33-10-6-5-9-32(30)33)41-22-26-14-16-45(17-15-26)39(48)37-21-28-8-4-7-11-35(28)44(37)3/h4-13,19,21,23,26-27,34,41-42H,14-18,20,22,24-25H2,1-3H3/t27-,34+/m0/s1. The lowest BCUT2D eigenvalue weighted by molar-refractivity contribution is -0.121. The number of aromatic nitrogens is 2. The molecular weight excluding hydrogens is 620 g/mol. The Bertz CT molecular complexity index is 1940. The van der Waals surface area contributed by atoms with Crippen molar-refractivity contribution in [2.75, 3.05) is 51.7 Å². The van der Waals surface area contributed by atoms with Gasteiger partial charge >= 0.3 is 0 Å². The maximum Gasteiger partial charge on any atom is 0.270 e. The normalized spacial score (nSPS) is 17.7. The Morgan fingerprint density at radius 3 is 2.56 bits per heavy atom. The van der Waals surface area contributed by atoms with Gasteiger partial charge in [0.1, 0.15) is 5.69 Å². The first-order valence-corrected chi connectivity index (χ1v) is 17.5. The highest BCUT2D eigenvalue weighted by Gasteiger charge is 2.34. The molecule has 8 nitrogen and oxygen atoms in total. The van der Waals surface area contributed by atoms with Gasteiger partial charge in [-0.25, -0.2) is 0 Å². The summed E-state index contributed by atoms with van der Waals surface area (Å²) in [5.41, 5.74) is 6.09. The molecule has 250 valence electrons. The molecule has 1 fully saturated rings. The molecule has 9 heteroatoms. The quantitative estimate of drug-likeness (QED) is 0.199. The van der Waals surface area contributed by atoms with Crippen LogP contribution in [0.1, 0.15) is 34.5 Å². The number of piperidine rings is 1. The molecule has 2 aromatic heterocycles. The maximum absolute atomic E-state index is 14.7. The van der Waals surface area contributed by atoms with Crippen molar-refractivity contribution in [1.29, 1.82) is 0 Å². The van der Waals surface area contributed by atoms with Crippen LogP contribution in [-0.2, 0) is 24.7 Å². The van der Waals surface area contributed by atoms with Crippen LogP contribution in [-0.4, -0.2) is 84.0 Å². The van der Waals surface area contributed by atoms with E-state index in [2.05, 4.69) is 53.6 Å². The van der Waals surface area contributed by atoms with Gasteiger partial charge in [0.25, 0.3) is 5.91 Å². The summed E-state index contributed by atoms with van der Waals surface area (Å²) in [6, 6.07) is 23.9. The molecule has 0 radical (unpaired) electrons. The van der Waals surface area contributed by atoms with Gasteiger partial charge in [0.15, 0.2) is 0 Å². The number of aryl methyl sites for hydroxylation is 1. The van der Waals surface area contributed by atoms with Crippen molar-refractivity contribution in [2.45, 2.75) is 31.7 Å². The van der Waals surface area contributed by atoms with Crippen LogP contribution in [0.15, 0.2) is 79.0 Å². The number of para-hydroxylation sites is 2. The second-order valence-electron chi connectivity index (χ2n) is 14.0. The number of carbonyl (C=O) groups is 2. The van der Waals surface area contributed by atoms with E-state index in [9.17, 15) is 9.59 Å². The number of aromatic amines is 1. The number of fused-ring (bicyclic) bond motifs is 3. The highest BCUT2D eigenvalue weighted by molar-refractivity contribution is 6.30. The number of amides is 2. The molecule has 5 aromatic rings. The van der Waals surface area contributed by atoms with Gasteiger partial charge in [0.2, 0.25) is 5.91 Å². The summed E-state index contributed by atoms with van der Waals surface area (Å²) in [5, 5.41) is 6.67. The molecule has 0 saturated carbocycles. The second-order valence-corrected chi connectivity index (χ2v) is 14.4. The van der Waals surface area contributed by atoms with Gasteiger partial charge < -0.3 is 29.6 Å². The molecule has 2 aliphatic heterocycles. The highest BCUT2D eigenvalue weighted by Crippen LogP contribution is 2.33. The van der Waals surface area contributed by atoms with Crippen molar-refractivity contribution in [3.05, 3.63) is 101 Å². The largest absolute Gasteiger partial charge is 0.361 e. The zero-order valence-electron chi connectivity index (χ0n) is 28.1. The number of nitrogens with one attached hydrogen (secondary N) is 2. The number of benzene rings is 3. The molecular formula is C39H45ClN6O2. The third-order valence-corrected chi connectivity index (χ3v) is 10.5. The fourth-order valence-electron chi connectivity index (χ4n) is 7.82. The summed E-state index contributed by atoms with van der Waals surface area (Å²) in [5.74, 6) is 0.862. The van der Waals surface area contributed by atoms with E-state index in [-0.39, 0.29) is 11.8 Å². The average Bonchev–Trinajstić information content (AvgIpc) is 3.66. The van der Waals surface area contributed by atoms with Crippen molar-refractivity contribution in [3.8, 4) is 0 Å². The smallest absolute Gasteiger partial charge is 0.270 e. The molecule has 2 atom stereocenters. The zero-order chi connectivity index (χ0) is 33.4. The molecule has 1 saturated heterocycles. The monoisotopic (exact) mass is 664 g/mol. The van der Waals surface area contributed by atoms with Crippen LogP contribution in [0, 0.1) is 11.8 Å². The van der Waals surface area contributed by atoms with Gasteiger partial charge in [0, 0.05) is 71.9 Å². The molecule has 48 heavy (non-hydrogen) atoms. The van der Waals surface area contributed by atoms with Crippen LogP contribution < -0.4 is 10.2 Å². The van der Waals surface area contributed by atoms with Gasteiger partial charge in [-0.05, 0) is 106 Å². The van der Waals surface area contributed by atoms with E-state index in [0.717, 1.165) is 76.7 Å². The minimum atomic E-state index is -0.402. The number of H-pyrrole nitrogens is 1. The Balaban J connectivity index is 1.08. The molecule has 4 heterocycles. The second kappa shape index (κ2) is 13.8. The Kier molecular flexibility index (Phi) is 9.32. The molecule has 2 amide bonds. The van der Waals surface area contributed by atoms with Crippen molar-refractivity contribution in [1.82, 2.24) is 24.7 Å². The number of nitrogens with zero attached hydrogens (tertiary/aromatic N) is 4. The predicted octanol–water partition coefficient (Wildman–Crippen LogP) is 6.13. The van der Waals surface area contributed by atoms with Gasteiger partial charge in [-0.2, -0.15) is 0 Å². The number of hydrogen-bond acceptors (Lipinski definition) is 4. The summed E-state index contributed by atoms with van der Waals surface area (Å²) >= 11 is 6.44. The van der Waals surface area contributed by atoms with E-state index >= 15 is 0 Å². The Hall–Kier alpha value is -4.11. The number of anilines is 1. The molecule has 0 aliphatic carbocycles. The first-order valence-electron chi connectivity index (χ1n) is 17.1. The average molecular weight is 665 g/mol.